The molecule has 0 aliphatic carbocycles. The Bertz CT molecular complexity index is 925. The fourth-order valence-corrected chi connectivity index (χ4v) is 3.95. The van der Waals surface area contributed by atoms with E-state index in [0.717, 1.165) is 15.6 Å². The molecule has 0 radical (unpaired) electrons. The number of nitrogens with zero attached hydrogens (tertiary/aromatic N) is 2. The van der Waals surface area contributed by atoms with Gasteiger partial charge in [0.1, 0.15) is 0 Å². The van der Waals surface area contributed by atoms with Crippen molar-refractivity contribution in [3.63, 3.8) is 0 Å². The maximum absolute atomic E-state index is 12.4. The maximum atomic E-state index is 12.4. The second-order valence-corrected chi connectivity index (χ2v) is 7.94. The quantitative estimate of drug-likeness (QED) is 0.684. The topological polar surface area (TPSA) is 64.0 Å². The van der Waals surface area contributed by atoms with Crippen LogP contribution in [0.15, 0.2) is 76.4 Å². The third kappa shape index (κ3) is 4.11. The number of aromatic nitrogens is 2. The van der Waals surface area contributed by atoms with Crippen LogP contribution in [-0.2, 0) is 23.1 Å². The van der Waals surface area contributed by atoms with Crippen LogP contribution in [0.25, 0.3) is 0 Å². The van der Waals surface area contributed by atoms with Crippen LogP contribution < -0.4 is 4.72 Å². The van der Waals surface area contributed by atoms with Crippen LogP contribution in [0.5, 0.6) is 0 Å². The second-order valence-electron chi connectivity index (χ2n) is 5.25. The fourth-order valence-electron chi connectivity index (χ4n) is 2.34. The first-order valence-corrected chi connectivity index (χ1v) is 9.62. The highest BCUT2D eigenvalue weighted by Crippen LogP contribution is 2.17. The molecular formula is C17H16BrN3O2S. The van der Waals surface area contributed by atoms with Crippen molar-refractivity contribution < 1.29 is 8.42 Å². The van der Waals surface area contributed by atoms with E-state index in [1.54, 1.807) is 30.5 Å². The average molecular weight is 406 g/mol. The normalized spacial score (nSPS) is 11.5. The van der Waals surface area contributed by atoms with E-state index in [0.29, 0.717) is 6.54 Å². The Hall–Kier alpha value is -1.96. The van der Waals surface area contributed by atoms with E-state index in [1.807, 2.05) is 41.2 Å². The molecule has 1 heterocycles. The summed E-state index contributed by atoms with van der Waals surface area (Å²) in [6.45, 7) is 0.827. The van der Waals surface area contributed by atoms with Gasteiger partial charge in [0.15, 0.2) is 0 Å². The summed E-state index contributed by atoms with van der Waals surface area (Å²) in [6.07, 6.45) is 3.60. The van der Waals surface area contributed by atoms with E-state index in [4.69, 9.17) is 0 Å². The van der Waals surface area contributed by atoms with Gasteiger partial charge in [-0.05, 0) is 35.4 Å². The van der Waals surface area contributed by atoms with E-state index < -0.39 is 10.0 Å². The number of sulfonamides is 1. The van der Waals surface area contributed by atoms with Crippen molar-refractivity contribution >= 4 is 26.0 Å². The third-order valence-electron chi connectivity index (χ3n) is 3.57. The monoisotopic (exact) mass is 405 g/mol. The predicted molar refractivity (Wildman–Crippen MR) is 95.9 cm³/mol. The zero-order valence-electron chi connectivity index (χ0n) is 12.8. The number of rotatable bonds is 6. The Kier molecular flexibility index (Phi) is 5.13. The summed E-state index contributed by atoms with van der Waals surface area (Å²) in [5, 5.41) is 4.19. The zero-order valence-corrected chi connectivity index (χ0v) is 15.2. The molecule has 0 atom stereocenters. The number of hydrogen-bond acceptors (Lipinski definition) is 3. The zero-order chi connectivity index (χ0) is 17.0. The lowest BCUT2D eigenvalue weighted by Gasteiger charge is -2.11. The van der Waals surface area contributed by atoms with Crippen molar-refractivity contribution in [2.24, 2.45) is 0 Å². The predicted octanol–water partition coefficient (Wildman–Crippen LogP) is 3.17. The van der Waals surface area contributed by atoms with E-state index >= 15 is 0 Å². The molecule has 0 spiro atoms. The van der Waals surface area contributed by atoms with Crippen molar-refractivity contribution in [3.05, 3.63) is 82.6 Å². The molecule has 0 saturated carbocycles. The summed E-state index contributed by atoms with van der Waals surface area (Å²) in [4.78, 5) is 0.237. The first-order chi connectivity index (χ1) is 11.5. The smallest absolute Gasteiger partial charge is 0.240 e. The van der Waals surface area contributed by atoms with Gasteiger partial charge in [-0.15, -0.1) is 0 Å². The molecule has 0 bridgehead atoms. The summed E-state index contributed by atoms with van der Waals surface area (Å²) in [6, 6.07) is 16.2. The molecule has 5 nitrogen and oxygen atoms in total. The summed E-state index contributed by atoms with van der Waals surface area (Å²) >= 11 is 3.29. The Morgan fingerprint density at radius 2 is 1.83 bits per heavy atom. The van der Waals surface area contributed by atoms with Crippen molar-refractivity contribution in [2.75, 3.05) is 0 Å². The lowest BCUT2D eigenvalue weighted by Crippen LogP contribution is -2.24. The second kappa shape index (κ2) is 7.29. The number of nitrogens with one attached hydrogen (secondary N) is 1. The van der Waals surface area contributed by atoms with Gasteiger partial charge in [0.25, 0.3) is 0 Å². The van der Waals surface area contributed by atoms with E-state index in [9.17, 15) is 8.42 Å². The highest BCUT2D eigenvalue weighted by Gasteiger charge is 2.14. The standard InChI is InChI=1S/C17H16BrN3O2S/c18-16-7-3-8-17(11-16)24(22,23)20-12-14-5-1-2-6-15(14)13-21-10-4-9-19-21/h1-11,20H,12-13H2. The van der Waals surface area contributed by atoms with Gasteiger partial charge in [0.2, 0.25) is 10.0 Å². The minimum atomic E-state index is -3.56. The molecule has 0 saturated heterocycles. The SMILES string of the molecule is O=S(=O)(NCc1ccccc1Cn1cccn1)c1cccc(Br)c1. The third-order valence-corrected chi connectivity index (χ3v) is 5.46. The van der Waals surface area contributed by atoms with E-state index in [2.05, 4.69) is 25.8 Å². The molecule has 7 heteroatoms. The van der Waals surface area contributed by atoms with Crippen molar-refractivity contribution in [1.82, 2.24) is 14.5 Å². The Morgan fingerprint density at radius 3 is 2.54 bits per heavy atom. The van der Waals surface area contributed by atoms with Crippen LogP contribution in [0.3, 0.4) is 0 Å². The largest absolute Gasteiger partial charge is 0.268 e. The lowest BCUT2D eigenvalue weighted by atomic mass is 10.1. The number of hydrogen-bond donors (Lipinski definition) is 1. The van der Waals surface area contributed by atoms with Crippen LogP contribution in [0.4, 0.5) is 0 Å². The van der Waals surface area contributed by atoms with Crippen LogP contribution in [-0.4, -0.2) is 18.2 Å². The molecule has 0 unspecified atom stereocenters. The maximum Gasteiger partial charge on any atom is 0.240 e. The fraction of sp³-hybridized carbons (Fsp3) is 0.118. The first kappa shape index (κ1) is 16.9. The highest BCUT2D eigenvalue weighted by molar-refractivity contribution is 9.10. The molecule has 0 fully saturated rings. The Morgan fingerprint density at radius 1 is 1.04 bits per heavy atom. The highest BCUT2D eigenvalue weighted by atomic mass is 79.9. The minimum Gasteiger partial charge on any atom is -0.268 e. The summed E-state index contributed by atoms with van der Waals surface area (Å²) < 4.78 is 30.1. The molecule has 124 valence electrons. The molecule has 2 aromatic carbocycles. The molecule has 1 N–H and O–H groups in total. The van der Waals surface area contributed by atoms with Gasteiger partial charge in [-0.1, -0.05) is 46.3 Å². The average Bonchev–Trinajstić information content (AvgIpc) is 3.07. The minimum absolute atomic E-state index is 0.228. The summed E-state index contributed by atoms with van der Waals surface area (Å²) in [7, 11) is -3.56. The van der Waals surface area contributed by atoms with Gasteiger partial charge in [-0.3, -0.25) is 4.68 Å². The molecule has 0 aliphatic rings. The number of benzene rings is 2. The molecule has 3 rings (SSSR count). The van der Waals surface area contributed by atoms with Crippen LogP contribution >= 0.6 is 15.9 Å². The number of halogens is 1. The van der Waals surface area contributed by atoms with Gasteiger partial charge in [0.05, 0.1) is 11.4 Å². The van der Waals surface area contributed by atoms with Gasteiger partial charge in [-0.2, -0.15) is 5.10 Å². The Labute approximate surface area is 149 Å². The Balaban J connectivity index is 1.77. The summed E-state index contributed by atoms with van der Waals surface area (Å²) in [5.41, 5.74) is 1.95. The molecule has 3 aromatic rings. The first-order valence-electron chi connectivity index (χ1n) is 7.34. The molecule has 1 aromatic heterocycles. The van der Waals surface area contributed by atoms with Gasteiger partial charge in [0, 0.05) is 23.4 Å². The van der Waals surface area contributed by atoms with Crippen LogP contribution in [0.1, 0.15) is 11.1 Å². The van der Waals surface area contributed by atoms with Crippen LogP contribution in [0, 0.1) is 0 Å². The molecular weight excluding hydrogens is 390 g/mol. The van der Waals surface area contributed by atoms with Crippen molar-refractivity contribution in [2.45, 2.75) is 18.0 Å². The van der Waals surface area contributed by atoms with Gasteiger partial charge in [-0.25, -0.2) is 13.1 Å². The molecule has 0 amide bonds. The van der Waals surface area contributed by atoms with E-state index in [1.165, 1.54) is 0 Å². The summed E-state index contributed by atoms with van der Waals surface area (Å²) in [5.74, 6) is 0. The van der Waals surface area contributed by atoms with Gasteiger partial charge < -0.3 is 0 Å². The van der Waals surface area contributed by atoms with Gasteiger partial charge >= 0.3 is 0 Å². The lowest BCUT2D eigenvalue weighted by molar-refractivity contribution is 0.580. The van der Waals surface area contributed by atoms with Crippen molar-refractivity contribution in [3.8, 4) is 0 Å². The molecule has 24 heavy (non-hydrogen) atoms. The molecule has 0 aliphatic heterocycles. The van der Waals surface area contributed by atoms with Crippen LogP contribution in [0.2, 0.25) is 0 Å². The van der Waals surface area contributed by atoms with Crippen molar-refractivity contribution in [1.29, 1.82) is 0 Å². The van der Waals surface area contributed by atoms with E-state index in [-0.39, 0.29) is 11.4 Å².